The van der Waals surface area contributed by atoms with Gasteiger partial charge in [-0.05, 0) is 29.3 Å². The maximum Gasteiger partial charge on any atom is 0.161 e. The summed E-state index contributed by atoms with van der Waals surface area (Å²) < 4.78 is 40.4. The quantitative estimate of drug-likeness (QED) is 0.790. The van der Waals surface area contributed by atoms with E-state index in [0.717, 1.165) is 11.6 Å². The van der Waals surface area contributed by atoms with E-state index in [0.29, 0.717) is 23.2 Å². The van der Waals surface area contributed by atoms with Gasteiger partial charge in [0.15, 0.2) is 11.6 Å². The lowest BCUT2D eigenvalue weighted by Crippen LogP contribution is -2.22. The van der Waals surface area contributed by atoms with Crippen molar-refractivity contribution in [2.24, 2.45) is 0 Å². The van der Waals surface area contributed by atoms with Gasteiger partial charge in [-0.3, -0.25) is 0 Å². The fraction of sp³-hybridized carbons (Fsp3) is 0.250. The maximum atomic E-state index is 14.0. The van der Waals surface area contributed by atoms with Gasteiger partial charge in [-0.15, -0.1) is 0 Å². The number of hydrogen-bond acceptors (Lipinski definition) is 1. The van der Waals surface area contributed by atoms with Crippen LogP contribution in [0, 0.1) is 17.5 Å². The van der Waals surface area contributed by atoms with E-state index in [9.17, 15) is 13.2 Å². The van der Waals surface area contributed by atoms with Crippen molar-refractivity contribution in [1.29, 1.82) is 0 Å². The van der Waals surface area contributed by atoms with E-state index in [2.05, 4.69) is 5.32 Å². The molecule has 0 amide bonds. The Morgan fingerprint density at radius 3 is 2.29 bits per heavy atom. The molecular formula is C16H15ClF3N. The zero-order chi connectivity index (χ0) is 15.6. The molecule has 0 fully saturated rings. The van der Waals surface area contributed by atoms with Gasteiger partial charge in [0.25, 0.3) is 0 Å². The van der Waals surface area contributed by atoms with Crippen LogP contribution in [-0.2, 0) is 6.54 Å². The molecule has 5 heteroatoms. The highest BCUT2D eigenvalue weighted by Gasteiger charge is 2.15. The first kappa shape index (κ1) is 15.9. The Morgan fingerprint density at radius 1 is 0.952 bits per heavy atom. The highest BCUT2D eigenvalue weighted by molar-refractivity contribution is 6.30. The standard InChI is InChI=1S/C16H15ClF3N/c1-9(2)21-8-10-3-4-11(17)5-12(10)13-6-15(19)16(20)7-14(13)18/h3-7,9,21H,8H2,1-2H3. The normalized spacial score (nSPS) is 11.2. The Bertz CT molecular complexity index is 656. The van der Waals surface area contributed by atoms with E-state index < -0.39 is 17.5 Å². The molecule has 0 heterocycles. The summed E-state index contributed by atoms with van der Waals surface area (Å²) in [7, 11) is 0. The summed E-state index contributed by atoms with van der Waals surface area (Å²) in [5, 5.41) is 3.61. The van der Waals surface area contributed by atoms with Gasteiger partial charge in [0.05, 0.1) is 0 Å². The predicted octanol–water partition coefficient (Wildman–Crippen LogP) is 4.92. The molecule has 0 aliphatic heterocycles. The van der Waals surface area contributed by atoms with Gasteiger partial charge >= 0.3 is 0 Å². The molecule has 2 rings (SSSR count). The van der Waals surface area contributed by atoms with Crippen molar-refractivity contribution in [2.45, 2.75) is 26.4 Å². The summed E-state index contributed by atoms with van der Waals surface area (Å²) in [5.74, 6) is -3.11. The fourth-order valence-electron chi connectivity index (χ4n) is 2.00. The average molecular weight is 314 g/mol. The molecule has 2 aromatic rings. The van der Waals surface area contributed by atoms with Crippen molar-refractivity contribution < 1.29 is 13.2 Å². The van der Waals surface area contributed by atoms with E-state index in [1.165, 1.54) is 0 Å². The summed E-state index contributed by atoms with van der Waals surface area (Å²) >= 11 is 5.94. The highest BCUT2D eigenvalue weighted by atomic mass is 35.5. The van der Waals surface area contributed by atoms with Crippen molar-refractivity contribution in [3.05, 3.63) is 58.4 Å². The molecule has 0 spiro atoms. The van der Waals surface area contributed by atoms with Crippen molar-refractivity contribution in [1.82, 2.24) is 5.32 Å². The minimum absolute atomic E-state index is 0.00282. The molecule has 0 saturated carbocycles. The minimum Gasteiger partial charge on any atom is -0.310 e. The zero-order valence-corrected chi connectivity index (χ0v) is 12.4. The number of hydrogen-bond donors (Lipinski definition) is 1. The van der Waals surface area contributed by atoms with Crippen molar-refractivity contribution in [3.63, 3.8) is 0 Å². The SMILES string of the molecule is CC(C)NCc1ccc(Cl)cc1-c1cc(F)c(F)cc1F. The molecule has 0 saturated heterocycles. The molecule has 0 aliphatic rings. The van der Waals surface area contributed by atoms with Crippen LogP contribution in [0.15, 0.2) is 30.3 Å². The molecule has 0 unspecified atom stereocenters. The van der Waals surface area contributed by atoms with Gasteiger partial charge < -0.3 is 5.32 Å². The Kier molecular flexibility index (Phi) is 4.91. The molecule has 2 aromatic carbocycles. The topological polar surface area (TPSA) is 12.0 Å². The zero-order valence-electron chi connectivity index (χ0n) is 11.7. The van der Waals surface area contributed by atoms with Gasteiger partial charge in [-0.25, -0.2) is 13.2 Å². The smallest absolute Gasteiger partial charge is 0.161 e. The third-order valence-corrected chi connectivity index (χ3v) is 3.31. The van der Waals surface area contributed by atoms with E-state index >= 15 is 0 Å². The van der Waals surface area contributed by atoms with Gasteiger partial charge in [0, 0.05) is 29.2 Å². The first-order chi connectivity index (χ1) is 9.88. The first-order valence-corrected chi connectivity index (χ1v) is 6.93. The lowest BCUT2D eigenvalue weighted by Gasteiger charge is -2.14. The molecule has 0 aliphatic carbocycles. The van der Waals surface area contributed by atoms with E-state index in [-0.39, 0.29) is 11.6 Å². The molecule has 112 valence electrons. The van der Waals surface area contributed by atoms with Crippen LogP contribution >= 0.6 is 11.6 Å². The number of halogens is 4. The summed E-state index contributed by atoms with van der Waals surface area (Å²) in [6, 6.07) is 6.62. The monoisotopic (exact) mass is 313 g/mol. The molecule has 0 radical (unpaired) electrons. The highest BCUT2D eigenvalue weighted by Crippen LogP contribution is 2.30. The van der Waals surface area contributed by atoms with E-state index in [1.807, 2.05) is 13.8 Å². The third kappa shape index (κ3) is 3.77. The van der Waals surface area contributed by atoms with Crippen LogP contribution in [0.1, 0.15) is 19.4 Å². The molecule has 21 heavy (non-hydrogen) atoms. The second-order valence-electron chi connectivity index (χ2n) is 5.08. The second kappa shape index (κ2) is 6.50. The van der Waals surface area contributed by atoms with Gasteiger partial charge in [-0.1, -0.05) is 31.5 Å². The Hall–Kier alpha value is -1.52. The van der Waals surface area contributed by atoms with Gasteiger partial charge in [0.2, 0.25) is 0 Å². The van der Waals surface area contributed by atoms with Crippen LogP contribution in [0.25, 0.3) is 11.1 Å². The lowest BCUT2D eigenvalue weighted by atomic mass is 9.98. The second-order valence-corrected chi connectivity index (χ2v) is 5.52. The molecule has 0 atom stereocenters. The number of benzene rings is 2. The third-order valence-electron chi connectivity index (χ3n) is 3.07. The number of rotatable bonds is 4. The Morgan fingerprint density at radius 2 is 1.62 bits per heavy atom. The molecule has 1 N–H and O–H groups in total. The summed E-state index contributed by atoms with van der Waals surface area (Å²) in [6.45, 7) is 4.43. The van der Waals surface area contributed by atoms with Crippen LogP contribution in [0.5, 0.6) is 0 Å². The molecule has 0 bridgehead atoms. The van der Waals surface area contributed by atoms with Crippen molar-refractivity contribution in [3.8, 4) is 11.1 Å². The van der Waals surface area contributed by atoms with Crippen molar-refractivity contribution in [2.75, 3.05) is 0 Å². The maximum absolute atomic E-state index is 14.0. The molecule has 1 nitrogen and oxygen atoms in total. The van der Waals surface area contributed by atoms with E-state index in [1.54, 1.807) is 18.2 Å². The molecule has 0 aromatic heterocycles. The predicted molar refractivity (Wildman–Crippen MR) is 78.7 cm³/mol. The molecular weight excluding hydrogens is 299 g/mol. The average Bonchev–Trinajstić information content (AvgIpc) is 2.41. The minimum atomic E-state index is -1.21. The van der Waals surface area contributed by atoms with Crippen LogP contribution in [0.4, 0.5) is 13.2 Å². The fourth-order valence-corrected chi connectivity index (χ4v) is 2.17. The van der Waals surface area contributed by atoms with Crippen molar-refractivity contribution >= 4 is 11.6 Å². The first-order valence-electron chi connectivity index (χ1n) is 6.55. The Labute approximate surface area is 126 Å². The lowest BCUT2D eigenvalue weighted by molar-refractivity contribution is 0.496. The summed E-state index contributed by atoms with van der Waals surface area (Å²) in [5.41, 5.74) is 1.21. The number of nitrogens with one attached hydrogen (secondary N) is 1. The van der Waals surface area contributed by atoms with Crippen LogP contribution in [0.2, 0.25) is 5.02 Å². The summed E-state index contributed by atoms with van der Waals surface area (Å²) in [4.78, 5) is 0. The summed E-state index contributed by atoms with van der Waals surface area (Å²) in [6.07, 6.45) is 0. The van der Waals surface area contributed by atoms with Crippen LogP contribution in [0.3, 0.4) is 0 Å². The van der Waals surface area contributed by atoms with Gasteiger partial charge in [0.1, 0.15) is 5.82 Å². The largest absolute Gasteiger partial charge is 0.310 e. The van der Waals surface area contributed by atoms with Gasteiger partial charge in [-0.2, -0.15) is 0 Å². The van der Waals surface area contributed by atoms with Crippen LogP contribution < -0.4 is 5.32 Å². The van der Waals surface area contributed by atoms with Crippen LogP contribution in [-0.4, -0.2) is 6.04 Å². The Balaban J connectivity index is 2.51. The van der Waals surface area contributed by atoms with E-state index in [4.69, 9.17) is 11.6 Å².